The van der Waals surface area contributed by atoms with Crippen LogP contribution in [-0.2, 0) is 17.9 Å². The monoisotopic (exact) mass is 303 g/mol. The molecular weight excluding hydrogens is 274 g/mol. The summed E-state index contributed by atoms with van der Waals surface area (Å²) in [5, 5.41) is 3.01. The van der Waals surface area contributed by atoms with Crippen LogP contribution < -0.4 is 11.1 Å². The van der Waals surface area contributed by atoms with Crippen molar-refractivity contribution < 1.29 is 4.79 Å². The van der Waals surface area contributed by atoms with Gasteiger partial charge in [-0.05, 0) is 44.9 Å². The molecule has 1 aliphatic rings. The minimum absolute atomic E-state index is 0.00491. The minimum Gasteiger partial charge on any atom is -0.350 e. The normalized spacial score (nSPS) is 17.2. The van der Waals surface area contributed by atoms with Crippen molar-refractivity contribution >= 4 is 5.91 Å². The first-order valence-electron chi connectivity index (χ1n) is 8.26. The van der Waals surface area contributed by atoms with Crippen LogP contribution >= 0.6 is 0 Å². The first-order chi connectivity index (χ1) is 10.4. The Morgan fingerprint density at radius 2 is 1.95 bits per heavy atom. The fraction of sp³-hybridized carbons (Fsp3) is 0.611. The maximum Gasteiger partial charge on any atom is 0.240 e. The van der Waals surface area contributed by atoms with E-state index >= 15 is 0 Å². The van der Waals surface area contributed by atoms with Crippen LogP contribution in [0.4, 0.5) is 0 Å². The number of carbonyl (C=O) groups excluding carboxylic acids is 1. The second-order valence-electron chi connectivity index (χ2n) is 6.87. The average molecular weight is 303 g/mol. The number of nitrogens with one attached hydrogen (secondary N) is 1. The zero-order chi connectivity index (χ0) is 16.2. The summed E-state index contributed by atoms with van der Waals surface area (Å²) in [6, 6.07) is 8.92. The second-order valence-corrected chi connectivity index (χ2v) is 6.87. The van der Waals surface area contributed by atoms with E-state index in [-0.39, 0.29) is 5.91 Å². The predicted molar refractivity (Wildman–Crippen MR) is 90.3 cm³/mol. The van der Waals surface area contributed by atoms with Gasteiger partial charge in [0.25, 0.3) is 0 Å². The molecule has 4 heteroatoms. The van der Waals surface area contributed by atoms with Crippen LogP contribution in [0.15, 0.2) is 24.3 Å². The molecule has 4 nitrogen and oxygen atoms in total. The van der Waals surface area contributed by atoms with Gasteiger partial charge in [-0.15, -0.1) is 0 Å². The summed E-state index contributed by atoms with van der Waals surface area (Å²) in [5.74, 6) is -0.00491. The lowest BCUT2D eigenvalue weighted by Gasteiger charge is -2.23. The predicted octanol–water partition coefficient (Wildman–Crippen LogP) is 2.41. The van der Waals surface area contributed by atoms with Crippen molar-refractivity contribution in [3.8, 4) is 0 Å². The molecule has 1 saturated carbocycles. The van der Waals surface area contributed by atoms with E-state index in [0.717, 1.165) is 37.8 Å². The van der Waals surface area contributed by atoms with Gasteiger partial charge in [0, 0.05) is 19.1 Å². The number of hydrogen-bond acceptors (Lipinski definition) is 3. The van der Waals surface area contributed by atoms with Crippen molar-refractivity contribution in [2.45, 2.75) is 64.2 Å². The average Bonchev–Trinajstić information content (AvgIpc) is 2.93. The highest BCUT2D eigenvalue weighted by Crippen LogP contribution is 2.27. The summed E-state index contributed by atoms with van der Waals surface area (Å²) in [5.41, 5.74) is 7.93. The number of hydrogen-bond donors (Lipinski definition) is 2. The zero-order valence-electron chi connectivity index (χ0n) is 14.1. The summed E-state index contributed by atoms with van der Waals surface area (Å²) < 4.78 is 0. The second kappa shape index (κ2) is 7.25. The van der Waals surface area contributed by atoms with E-state index in [9.17, 15) is 4.79 Å². The molecule has 0 unspecified atom stereocenters. The zero-order valence-corrected chi connectivity index (χ0v) is 14.1. The Morgan fingerprint density at radius 3 is 2.59 bits per heavy atom. The molecule has 0 radical (unpaired) electrons. The molecule has 122 valence electrons. The Balaban J connectivity index is 1.91. The van der Waals surface area contributed by atoms with Crippen molar-refractivity contribution in [2.75, 3.05) is 7.05 Å². The van der Waals surface area contributed by atoms with Gasteiger partial charge in [0.15, 0.2) is 0 Å². The molecule has 1 aliphatic carbocycles. The first kappa shape index (κ1) is 17.0. The van der Waals surface area contributed by atoms with Crippen LogP contribution in [0.2, 0.25) is 0 Å². The van der Waals surface area contributed by atoms with Gasteiger partial charge < -0.3 is 11.1 Å². The third kappa shape index (κ3) is 4.31. The molecule has 0 saturated heterocycles. The van der Waals surface area contributed by atoms with Gasteiger partial charge in [0.05, 0.1) is 5.54 Å². The molecule has 0 aromatic heterocycles. The summed E-state index contributed by atoms with van der Waals surface area (Å²) in [6.45, 7) is 5.84. The van der Waals surface area contributed by atoms with Gasteiger partial charge in [-0.1, -0.05) is 37.1 Å². The van der Waals surface area contributed by atoms with Crippen molar-refractivity contribution in [3.05, 3.63) is 35.4 Å². The summed E-state index contributed by atoms with van der Waals surface area (Å²) >= 11 is 0. The SMILES string of the molecule is CC(C)N(C)Cc1cccc(CNC(=O)C2(N)CCCC2)c1. The van der Waals surface area contributed by atoms with Crippen LogP contribution in [0.25, 0.3) is 0 Å². The lowest BCUT2D eigenvalue weighted by molar-refractivity contribution is -0.126. The fourth-order valence-corrected chi connectivity index (χ4v) is 2.90. The molecule has 0 atom stereocenters. The third-order valence-electron chi connectivity index (χ3n) is 4.71. The Labute approximate surface area is 134 Å². The van der Waals surface area contributed by atoms with Crippen molar-refractivity contribution in [2.24, 2.45) is 5.73 Å². The highest BCUT2D eigenvalue weighted by atomic mass is 16.2. The smallest absolute Gasteiger partial charge is 0.240 e. The number of carbonyl (C=O) groups is 1. The van der Waals surface area contributed by atoms with Crippen molar-refractivity contribution in [3.63, 3.8) is 0 Å². The molecule has 3 N–H and O–H groups in total. The molecule has 0 bridgehead atoms. The van der Waals surface area contributed by atoms with E-state index in [2.05, 4.69) is 55.4 Å². The molecule has 0 aliphatic heterocycles. The third-order valence-corrected chi connectivity index (χ3v) is 4.71. The highest BCUT2D eigenvalue weighted by molar-refractivity contribution is 5.86. The van der Waals surface area contributed by atoms with Gasteiger partial charge in [0.2, 0.25) is 5.91 Å². The Hall–Kier alpha value is -1.39. The quantitative estimate of drug-likeness (QED) is 0.848. The van der Waals surface area contributed by atoms with Crippen LogP contribution in [0.3, 0.4) is 0 Å². The minimum atomic E-state index is -0.643. The number of amides is 1. The van der Waals surface area contributed by atoms with Gasteiger partial charge >= 0.3 is 0 Å². The topological polar surface area (TPSA) is 58.4 Å². The standard InChI is InChI=1S/C18H29N3O/c1-14(2)21(3)13-16-8-6-7-15(11-16)12-20-17(22)18(19)9-4-5-10-18/h6-8,11,14H,4-5,9-10,12-13,19H2,1-3H3,(H,20,22). The summed E-state index contributed by atoms with van der Waals surface area (Å²) in [6.07, 6.45) is 3.72. The summed E-state index contributed by atoms with van der Waals surface area (Å²) in [4.78, 5) is 14.5. The van der Waals surface area contributed by atoms with Crippen molar-refractivity contribution in [1.82, 2.24) is 10.2 Å². The lowest BCUT2D eigenvalue weighted by Crippen LogP contribution is -2.51. The van der Waals surface area contributed by atoms with Crippen LogP contribution in [0, 0.1) is 0 Å². The molecule has 0 heterocycles. The van der Waals surface area contributed by atoms with Crippen LogP contribution in [0.5, 0.6) is 0 Å². The van der Waals surface area contributed by atoms with Crippen molar-refractivity contribution in [1.29, 1.82) is 0 Å². The molecule has 1 aromatic carbocycles. The van der Waals surface area contributed by atoms with Gasteiger partial charge in [-0.2, -0.15) is 0 Å². The maximum atomic E-state index is 12.2. The Kier molecular flexibility index (Phi) is 5.59. The largest absolute Gasteiger partial charge is 0.350 e. The van der Waals surface area contributed by atoms with Crippen LogP contribution in [0.1, 0.15) is 50.7 Å². The van der Waals surface area contributed by atoms with E-state index in [4.69, 9.17) is 5.73 Å². The summed E-state index contributed by atoms with van der Waals surface area (Å²) in [7, 11) is 2.12. The van der Waals surface area contributed by atoms with Crippen LogP contribution in [-0.4, -0.2) is 29.4 Å². The Morgan fingerprint density at radius 1 is 1.32 bits per heavy atom. The maximum absolute atomic E-state index is 12.2. The van der Waals surface area contributed by atoms with E-state index in [1.165, 1.54) is 5.56 Å². The molecule has 2 rings (SSSR count). The first-order valence-corrected chi connectivity index (χ1v) is 8.26. The fourth-order valence-electron chi connectivity index (χ4n) is 2.90. The van der Waals surface area contributed by atoms with Gasteiger partial charge in [-0.3, -0.25) is 9.69 Å². The molecule has 0 spiro atoms. The number of benzene rings is 1. The molecule has 1 fully saturated rings. The number of nitrogens with two attached hydrogens (primary N) is 1. The number of nitrogens with zero attached hydrogens (tertiary/aromatic N) is 1. The van der Waals surface area contributed by atoms with Gasteiger partial charge in [-0.25, -0.2) is 0 Å². The van der Waals surface area contributed by atoms with E-state index in [1.54, 1.807) is 0 Å². The van der Waals surface area contributed by atoms with E-state index < -0.39 is 5.54 Å². The molecule has 1 aromatic rings. The number of rotatable bonds is 6. The molecular formula is C18H29N3O. The van der Waals surface area contributed by atoms with Gasteiger partial charge in [0.1, 0.15) is 0 Å². The van der Waals surface area contributed by atoms with E-state index in [0.29, 0.717) is 12.6 Å². The molecule has 1 amide bonds. The molecule has 22 heavy (non-hydrogen) atoms. The Bertz CT molecular complexity index is 507. The van der Waals surface area contributed by atoms with E-state index in [1.807, 2.05) is 0 Å². The lowest BCUT2D eigenvalue weighted by atomic mass is 9.98. The highest BCUT2D eigenvalue weighted by Gasteiger charge is 2.36.